The van der Waals surface area contributed by atoms with Crippen LogP contribution in [0.1, 0.15) is 6.23 Å². The zero-order chi connectivity index (χ0) is 15.1. The maximum Gasteiger partial charge on any atom is 0.203 e. The smallest absolute Gasteiger partial charge is 0.203 e. The average molecular weight is 311 g/mol. The van der Waals surface area contributed by atoms with Gasteiger partial charge in [-0.15, -0.1) is 0 Å². The highest BCUT2D eigenvalue weighted by molar-refractivity contribution is 7.71. The van der Waals surface area contributed by atoms with Crippen LogP contribution in [0.5, 0.6) is 0 Å². The molecule has 0 radical (unpaired) electrons. The van der Waals surface area contributed by atoms with Gasteiger partial charge < -0.3 is 20.7 Å². The molecule has 0 spiro atoms. The average Bonchev–Trinajstić information content (AvgIpc) is 2.67. The minimum Gasteiger partial charge on any atom is -0.394 e. The fraction of sp³-hybridized carbons (Fsp3) is 0.600. The molecule has 1 fully saturated rings. The first-order valence-electron chi connectivity index (χ1n) is 5.58. The third kappa shape index (κ3) is 2.18. The number of nitrogen functional groups attached to an aromatic ring is 1. The van der Waals surface area contributed by atoms with Gasteiger partial charge in [0.25, 0.3) is 0 Å². The van der Waals surface area contributed by atoms with Crippen LogP contribution >= 0.6 is 12.2 Å². The molecule has 2 heterocycles. The molecule has 4 N–H and O–H groups in total. The molecule has 1 aromatic rings. The summed E-state index contributed by atoms with van der Waals surface area (Å²) in [5, 5.41) is 19.0. The number of anilines is 1. The van der Waals surface area contributed by atoms with Gasteiger partial charge in [-0.25, -0.2) is 13.2 Å². The van der Waals surface area contributed by atoms with E-state index in [1.165, 1.54) is 0 Å². The van der Waals surface area contributed by atoms with Gasteiger partial charge in [-0.3, -0.25) is 4.57 Å². The Bertz CT molecular complexity index is 572. The lowest BCUT2D eigenvalue weighted by molar-refractivity contribution is -0.112. The summed E-state index contributed by atoms with van der Waals surface area (Å²) in [6.45, 7) is -2.29. The molecular weight excluding hydrogens is 299 g/mol. The monoisotopic (exact) mass is 311 g/mol. The lowest BCUT2D eigenvalue weighted by atomic mass is 9.97. The molecule has 2 rings (SSSR count). The zero-order valence-electron chi connectivity index (χ0n) is 10.0. The largest absolute Gasteiger partial charge is 0.394 e. The standard InChI is InChI=1S/C10H12F3N3O3S/c11-3-10(18)6(13)5(2-17)19-8(10)16-1-4(12)7(14)15-9(16)20/h1,5-6,8,17-18H,2-3H2,(H2,14,15,20)/t5-,6?,8-,10-/m1/s1. The van der Waals surface area contributed by atoms with Crippen molar-refractivity contribution < 1.29 is 28.1 Å². The number of aromatic nitrogens is 2. The van der Waals surface area contributed by atoms with Gasteiger partial charge in [0.15, 0.2) is 29.6 Å². The molecule has 1 aliphatic heterocycles. The van der Waals surface area contributed by atoms with Crippen molar-refractivity contribution in [1.29, 1.82) is 0 Å². The molecule has 1 saturated heterocycles. The van der Waals surface area contributed by atoms with E-state index in [9.17, 15) is 18.3 Å². The zero-order valence-corrected chi connectivity index (χ0v) is 10.9. The fourth-order valence-electron chi connectivity index (χ4n) is 2.02. The van der Waals surface area contributed by atoms with Crippen molar-refractivity contribution in [3.8, 4) is 0 Å². The molecule has 1 aromatic heterocycles. The minimum absolute atomic E-state index is 0.313. The van der Waals surface area contributed by atoms with Gasteiger partial charge >= 0.3 is 0 Å². The second-order valence-electron chi connectivity index (χ2n) is 4.40. The topological polar surface area (TPSA) is 93.5 Å². The van der Waals surface area contributed by atoms with Gasteiger partial charge in [0.2, 0.25) is 4.77 Å². The van der Waals surface area contributed by atoms with Crippen molar-refractivity contribution in [3.63, 3.8) is 0 Å². The maximum absolute atomic E-state index is 13.9. The number of rotatable bonds is 3. The van der Waals surface area contributed by atoms with Gasteiger partial charge in [0.05, 0.1) is 6.61 Å². The fourth-order valence-corrected chi connectivity index (χ4v) is 2.26. The van der Waals surface area contributed by atoms with E-state index in [-0.39, 0.29) is 4.77 Å². The van der Waals surface area contributed by atoms with Gasteiger partial charge in [-0.2, -0.15) is 4.98 Å². The summed E-state index contributed by atoms with van der Waals surface area (Å²) < 4.78 is 45.9. The van der Waals surface area contributed by atoms with Crippen molar-refractivity contribution in [2.45, 2.75) is 24.1 Å². The first-order valence-corrected chi connectivity index (χ1v) is 5.99. The van der Waals surface area contributed by atoms with E-state index in [1.54, 1.807) is 0 Å². The van der Waals surface area contributed by atoms with E-state index < -0.39 is 49.0 Å². The van der Waals surface area contributed by atoms with Crippen LogP contribution < -0.4 is 5.73 Å². The molecule has 112 valence electrons. The van der Waals surface area contributed by atoms with Crippen LogP contribution in [0, 0.1) is 10.6 Å². The highest BCUT2D eigenvalue weighted by Crippen LogP contribution is 2.40. The highest BCUT2D eigenvalue weighted by Gasteiger charge is 2.57. The van der Waals surface area contributed by atoms with Crippen LogP contribution in [0.15, 0.2) is 6.20 Å². The Labute approximate surface area is 116 Å². The summed E-state index contributed by atoms with van der Waals surface area (Å²) in [6, 6.07) is 0. The molecule has 0 saturated carbocycles. The summed E-state index contributed by atoms with van der Waals surface area (Å²) in [7, 11) is 0. The summed E-state index contributed by atoms with van der Waals surface area (Å²) in [5.41, 5.74) is 2.61. The minimum atomic E-state index is -2.60. The quantitative estimate of drug-likeness (QED) is 0.694. The highest BCUT2D eigenvalue weighted by atomic mass is 32.1. The van der Waals surface area contributed by atoms with Gasteiger partial charge in [0, 0.05) is 6.20 Å². The van der Waals surface area contributed by atoms with Crippen LogP contribution in [0.3, 0.4) is 0 Å². The molecule has 1 unspecified atom stereocenters. The van der Waals surface area contributed by atoms with Crippen LogP contribution in [-0.4, -0.2) is 50.9 Å². The van der Waals surface area contributed by atoms with Crippen molar-refractivity contribution in [3.05, 3.63) is 16.8 Å². The summed E-state index contributed by atoms with van der Waals surface area (Å²) in [5.74, 6) is -1.46. The van der Waals surface area contributed by atoms with E-state index in [0.29, 0.717) is 0 Å². The number of halogens is 3. The molecular formula is C10H12F3N3O3S. The van der Waals surface area contributed by atoms with Crippen molar-refractivity contribution >= 4 is 18.0 Å². The molecule has 0 amide bonds. The van der Waals surface area contributed by atoms with Gasteiger partial charge in [0.1, 0.15) is 12.8 Å². The molecule has 10 heteroatoms. The Morgan fingerprint density at radius 1 is 1.60 bits per heavy atom. The number of hydrogen-bond donors (Lipinski definition) is 3. The van der Waals surface area contributed by atoms with Crippen LogP contribution in [0.25, 0.3) is 0 Å². The Balaban J connectivity index is 2.51. The Morgan fingerprint density at radius 3 is 2.80 bits per heavy atom. The van der Waals surface area contributed by atoms with Crippen LogP contribution in [-0.2, 0) is 4.74 Å². The number of ether oxygens (including phenoxy) is 1. The third-order valence-corrected chi connectivity index (χ3v) is 3.42. The Morgan fingerprint density at radius 2 is 2.25 bits per heavy atom. The van der Waals surface area contributed by atoms with Crippen molar-refractivity contribution in [2.24, 2.45) is 0 Å². The first kappa shape index (κ1) is 15.2. The molecule has 1 aliphatic rings. The predicted molar refractivity (Wildman–Crippen MR) is 64.2 cm³/mol. The van der Waals surface area contributed by atoms with Gasteiger partial charge in [-0.05, 0) is 12.2 Å². The maximum atomic E-state index is 13.9. The number of nitrogens with two attached hydrogens (primary N) is 1. The molecule has 6 nitrogen and oxygen atoms in total. The molecule has 4 atom stereocenters. The van der Waals surface area contributed by atoms with E-state index in [4.69, 9.17) is 27.8 Å². The lowest BCUT2D eigenvalue weighted by Crippen LogP contribution is -2.47. The Kier molecular flexibility index (Phi) is 4.00. The van der Waals surface area contributed by atoms with E-state index in [2.05, 4.69) is 4.98 Å². The second kappa shape index (κ2) is 5.28. The third-order valence-electron chi connectivity index (χ3n) is 3.12. The van der Waals surface area contributed by atoms with E-state index in [0.717, 1.165) is 10.8 Å². The predicted octanol–water partition coefficient (Wildman–Crippen LogP) is 0.262. The van der Waals surface area contributed by atoms with Crippen LogP contribution in [0.4, 0.5) is 19.0 Å². The molecule has 0 aromatic carbocycles. The van der Waals surface area contributed by atoms with Crippen molar-refractivity contribution in [2.75, 3.05) is 19.0 Å². The molecule has 0 bridgehead atoms. The number of aliphatic hydroxyl groups is 2. The lowest BCUT2D eigenvalue weighted by Gasteiger charge is -2.28. The van der Waals surface area contributed by atoms with E-state index in [1.807, 2.05) is 0 Å². The van der Waals surface area contributed by atoms with Crippen LogP contribution in [0.2, 0.25) is 0 Å². The Hall–Kier alpha value is -1.23. The summed E-state index contributed by atoms with van der Waals surface area (Å²) in [6.07, 6.45) is -4.58. The number of hydrogen-bond acceptors (Lipinski definition) is 6. The normalized spacial score (nSPS) is 33.5. The van der Waals surface area contributed by atoms with Crippen molar-refractivity contribution in [1.82, 2.24) is 9.55 Å². The summed E-state index contributed by atoms with van der Waals surface area (Å²) in [4.78, 5) is 3.48. The molecule has 20 heavy (non-hydrogen) atoms. The second-order valence-corrected chi connectivity index (χ2v) is 4.77. The van der Waals surface area contributed by atoms with Gasteiger partial charge in [-0.1, -0.05) is 0 Å². The van der Waals surface area contributed by atoms with E-state index >= 15 is 0 Å². The summed E-state index contributed by atoms with van der Waals surface area (Å²) >= 11 is 4.81. The first-order chi connectivity index (χ1) is 9.35. The molecule has 0 aliphatic carbocycles. The SMILES string of the molecule is Nc1nc(=S)n([C@@H]2O[C@H](CO)C(F)[C@]2(O)CF)cc1F. The number of nitrogens with zero attached hydrogens (tertiary/aromatic N) is 2. The number of aliphatic hydroxyl groups excluding tert-OH is 1. The number of alkyl halides is 2.